The molecule has 0 spiro atoms. The van der Waals surface area contributed by atoms with Gasteiger partial charge in [-0.05, 0) is 29.8 Å². The molecule has 0 aliphatic heterocycles. The van der Waals surface area contributed by atoms with E-state index in [1.807, 2.05) is 0 Å². The molecule has 2 aromatic carbocycles. The zero-order chi connectivity index (χ0) is 20.3. The van der Waals surface area contributed by atoms with Crippen molar-refractivity contribution in [1.29, 1.82) is 0 Å². The summed E-state index contributed by atoms with van der Waals surface area (Å²) in [5, 5.41) is 5.46. The maximum absolute atomic E-state index is 12.6. The molecule has 1 amide bonds. The number of anilines is 1. The van der Waals surface area contributed by atoms with Gasteiger partial charge in [0, 0.05) is 24.4 Å². The number of nitrogens with zero attached hydrogens (tertiary/aromatic N) is 1. The number of hydrogen-bond acceptors (Lipinski definition) is 5. The number of halogens is 2. The number of rotatable bonds is 6. The van der Waals surface area contributed by atoms with Gasteiger partial charge in [0.25, 0.3) is 10.0 Å². The van der Waals surface area contributed by atoms with Crippen molar-refractivity contribution >= 4 is 55.6 Å². The normalized spacial score (nSPS) is 11.2. The molecule has 3 rings (SSSR count). The number of hydrogen-bond donors (Lipinski definition) is 2. The van der Waals surface area contributed by atoms with E-state index in [9.17, 15) is 13.2 Å². The number of benzene rings is 2. The van der Waals surface area contributed by atoms with Gasteiger partial charge in [-0.25, -0.2) is 13.4 Å². The average molecular weight is 456 g/mol. The first-order chi connectivity index (χ1) is 13.2. The lowest BCUT2D eigenvalue weighted by Gasteiger charge is -2.07. The minimum atomic E-state index is -3.78. The van der Waals surface area contributed by atoms with Crippen molar-refractivity contribution in [3.63, 3.8) is 0 Å². The summed E-state index contributed by atoms with van der Waals surface area (Å²) in [6.45, 7) is 1.76. The Morgan fingerprint density at radius 2 is 1.82 bits per heavy atom. The molecule has 2 N–H and O–H groups in total. The van der Waals surface area contributed by atoms with E-state index in [1.165, 1.54) is 30.4 Å². The molecule has 0 bridgehead atoms. The van der Waals surface area contributed by atoms with E-state index < -0.39 is 10.0 Å². The van der Waals surface area contributed by atoms with Gasteiger partial charge in [0.05, 0.1) is 20.6 Å². The van der Waals surface area contributed by atoms with Crippen molar-refractivity contribution in [2.24, 2.45) is 0 Å². The summed E-state index contributed by atoms with van der Waals surface area (Å²) < 4.78 is 27.6. The van der Waals surface area contributed by atoms with Crippen LogP contribution in [0.1, 0.15) is 12.5 Å². The molecule has 6 nitrogen and oxygen atoms in total. The molecular weight excluding hydrogens is 441 g/mol. The molecule has 0 aliphatic rings. The highest BCUT2D eigenvalue weighted by molar-refractivity contribution is 7.93. The van der Waals surface area contributed by atoms with Crippen LogP contribution in [0.25, 0.3) is 11.3 Å². The van der Waals surface area contributed by atoms with Crippen LogP contribution in [-0.2, 0) is 21.4 Å². The number of amides is 1. The largest absolute Gasteiger partial charge is 0.352 e. The standard InChI is InChI=1S/C18H15Cl2N3O3S2/c1-11(24)21-9-12-2-5-14(6-3-12)28(25,26)23-18-22-17(10-27-18)13-4-7-15(19)16(20)8-13/h2-8,10H,9H2,1H3,(H,21,24)(H,22,23). The number of aromatic nitrogens is 1. The summed E-state index contributed by atoms with van der Waals surface area (Å²) in [4.78, 5) is 15.4. The van der Waals surface area contributed by atoms with Gasteiger partial charge in [-0.1, -0.05) is 41.4 Å². The highest BCUT2D eigenvalue weighted by Crippen LogP contribution is 2.31. The summed E-state index contributed by atoms with van der Waals surface area (Å²) in [6.07, 6.45) is 0. The molecule has 0 atom stereocenters. The van der Waals surface area contributed by atoms with Crippen LogP contribution < -0.4 is 10.0 Å². The Morgan fingerprint density at radius 1 is 1.11 bits per heavy atom. The number of sulfonamides is 1. The van der Waals surface area contributed by atoms with Crippen LogP contribution in [0.5, 0.6) is 0 Å². The van der Waals surface area contributed by atoms with Gasteiger partial charge in [-0.15, -0.1) is 11.3 Å². The van der Waals surface area contributed by atoms with Crippen molar-refractivity contribution < 1.29 is 13.2 Å². The fraction of sp³-hybridized carbons (Fsp3) is 0.111. The number of carbonyl (C=O) groups excluding carboxylic acids is 1. The lowest BCUT2D eigenvalue weighted by atomic mass is 10.2. The van der Waals surface area contributed by atoms with Crippen molar-refractivity contribution in [2.75, 3.05) is 4.72 Å². The fourth-order valence-electron chi connectivity index (χ4n) is 2.30. The summed E-state index contributed by atoms with van der Waals surface area (Å²) in [5.74, 6) is -0.153. The summed E-state index contributed by atoms with van der Waals surface area (Å²) in [7, 11) is -3.78. The van der Waals surface area contributed by atoms with E-state index in [2.05, 4.69) is 15.0 Å². The first-order valence-corrected chi connectivity index (χ1v) is 11.1. The quantitative estimate of drug-likeness (QED) is 0.570. The van der Waals surface area contributed by atoms with Gasteiger partial charge in [-0.3, -0.25) is 9.52 Å². The Kier molecular flexibility index (Phi) is 6.24. The molecule has 146 valence electrons. The van der Waals surface area contributed by atoms with Crippen LogP contribution in [0, 0.1) is 0 Å². The lowest BCUT2D eigenvalue weighted by molar-refractivity contribution is -0.119. The Morgan fingerprint density at radius 3 is 2.46 bits per heavy atom. The van der Waals surface area contributed by atoms with Crippen LogP contribution in [0.3, 0.4) is 0 Å². The first kappa shape index (κ1) is 20.6. The molecule has 0 saturated heterocycles. The van der Waals surface area contributed by atoms with Crippen molar-refractivity contribution in [1.82, 2.24) is 10.3 Å². The predicted molar refractivity (Wildman–Crippen MR) is 112 cm³/mol. The van der Waals surface area contributed by atoms with Gasteiger partial charge >= 0.3 is 0 Å². The van der Waals surface area contributed by atoms with Crippen LogP contribution in [0.2, 0.25) is 10.0 Å². The minimum absolute atomic E-state index is 0.102. The first-order valence-electron chi connectivity index (χ1n) is 8.02. The van der Waals surface area contributed by atoms with Gasteiger partial charge < -0.3 is 5.32 Å². The van der Waals surface area contributed by atoms with Gasteiger partial charge in [0.15, 0.2) is 5.13 Å². The third-order valence-electron chi connectivity index (χ3n) is 3.72. The van der Waals surface area contributed by atoms with Crippen LogP contribution in [-0.4, -0.2) is 19.3 Å². The maximum atomic E-state index is 12.6. The van der Waals surface area contributed by atoms with E-state index in [-0.39, 0.29) is 15.9 Å². The highest BCUT2D eigenvalue weighted by atomic mass is 35.5. The zero-order valence-corrected chi connectivity index (χ0v) is 17.7. The second-order valence-electron chi connectivity index (χ2n) is 5.83. The van der Waals surface area contributed by atoms with Crippen LogP contribution in [0.4, 0.5) is 5.13 Å². The molecule has 0 saturated carbocycles. The van der Waals surface area contributed by atoms with E-state index in [4.69, 9.17) is 23.2 Å². The van der Waals surface area contributed by atoms with Crippen molar-refractivity contribution in [2.45, 2.75) is 18.4 Å². The van der Waals surface area contributed by atoms with Crippen LogP contribution in [0.15, 0.2) is 52.7 Å². The molecule has 0 unspecified atom stereocenters. The van der Waals surface area contributed by atoms with E-state index in [0.29, 0.717) is 22.3 Å². The van der Waals surface area contributed by atoms with Crippen LogP contribution >= 0.6 is 34.5 Å². The monoisotopic (exact) mass is 455 g/mol. The molecule has 3 aromatic rings. The van der Waals surface area contributed by atoms with Gasteiger partial charge in [-0.2, -0.15) is 0 Å². The number of thiazole rings is 1. The number of carbonyl (C=O) groups is 1. The molecule has 10 heteroatoms. The molecular formula is C18H15Cl2N3O3S2. The topological polar surface area (TPSA) is 88.2 Å². The van der Waals surface area contributed by atoms with Crippen molar-refractivity contribution in [3.05, 3.63) is 63.5 Å². The Bertz CT molecular complexity index is 1110. The van der Waals surface area contributed by atoms with E-state index in [1.54, 1.807) is 35.7 Å². The third-order valence-corrected chi connectivity index (χ3v) is 6.70. The predicted octanol–water partition coefficient (Wildman–Crippen LogP) is 4.55. The molecule has 28 heavy (non-hydrogen) atoms. The van der Waals surface area contributed by atoms with Gasteiger partial charge in [0.2, 0.25) is 5.91 Å². The smallest absolute Gasteiger partial charge is 0.263 e. The van der Waals surface area contributed by atoms with Crippen molar-refractivity contribution in [3.8, 4) is 11.3 Å². The summed E-state index contributed by atoms with van der Waals surface area (Å²) >= 11 is 13.1. The SMILES string of the molecule is CC(=O)NCc1ccc(S(=O)(=O)Nc2nc(-c3ccc(Cl)c(Cl)c3)cs2)cc1. The third kappa shape index (κ3) is 5.02. The summed E-state index contributed by atoms with van der Waals surface area (Å²) in [5.41, 5.74) is 2.12. The molecule has 0 fully saturated rings. The Balaban J connectivity index is 1.74. The molecule has 1 heterocycles. The number of nitrogens with one attached hydrogen (secondary N) is 2. The Labute approximate surface area is 176 Å². The fourth-order valence-corrected chi connectivity index (χ4v) is 4.57. The average Bonchev–Trinajstić information content (AvgIpc) is 3.10. The lowest BCUT2D eigenvalue weighted by Crippen LogP contribution is -2.19. The highest BCUT2D eigenvalue weighted by Gasteiger charge is 2.17. The second-order valence-corrected chi connectivity index (χ2v) is 9.18. The zero-order valence-electron chi connectivity index (χ0n) is 14.6. The van der Waals surface area contributed by atoms with E-state index in [0.717, 1.165) is 11.1 Å². The summed E-state index contributed by atoms with van der Waals surface area (Å²) in [6, 6.07) is 11.3. The second kappa shape index (κ2) is 8.48. The van der Waals surface area contributed by atoms with Gasteiger partial charge in [0.1, 0.15) is 0 Å². The molecule has 0 radical (unpaired) electrons. The maximum Gasteiger partial charge on any atom is 0.263 e. The molecule has 1 aromatic heterocycles. The molecule has 0 aliphatic carbocycles. The van der Waals surface area contributed by atoms with E-state index >= 15 is 0 Å². The Hall–Kier alpha value is -2.13. The minimum Gasteiger partial charge on any atom is -0.352 e.